The molecule has 0 saturated heterocycles. The third-order valence-corrected chi connectivity index (χ3v) is 8.69. The van der Waals surface area contributed by atoms with Crippen molar-refractivity contribution < 1.29 is 22.4 Å². The lowest BCUT2D eigenvalue weighted by atomic mass is 9.85. The molecule has 170 valence electrons. The zero-order valence-electron chi connectivity index (χ0n) is 18.3. The molecule has 1 fully saturated rings. The van der Waals surface area contributed by atoms with Gasteiger partial charge in [0.1, 0.15) is 0 Å². The average Bonchev–Trinajstić information content (AvgIpc) is 3.27. The summed E-state index contributed by atoms with van der Waals surface area (Å²) in [5.41, 5.74) is 1.36. The molecule has 1 N–H and O–H groups in total. The van der Waals surface area contributed by atoms with Gasteiger partial charge in [0, 0.05) is 25.2 Å². The molecule has 0 aliphatic heterocycles. The number of hydrogen-bond acceptors (Lipinski definition) is 6. The van der Waals surface area contributed by atoms with Gasteiger partial charge in [-0.05, 0) is 55.0 Å². The van der Waals surface area contributed by atoms with Crippen LogP contribution in [0.2, 0.25) is 0 Å². The van der Waals surface area contributed by atoms with E-state index in [0.29, 0.717) is 16.9 Å². The Morgan fingerprint density at radius 2 is 2.00 bits per heavy atom. The van der Waals surface area contributed by atoms with Crippen molar-refractivity contribution in [1.82, 2.24) is 10.3 Å². The van der Waals surface area contributed by atoms with E-state index in [1.165, 1.54) is 0 Å². The molecule has 0 radical (unpaired) electrons. The highest BCUT2D eigenvalue weighted by molar-refractivity contribution is 7.92. The van der Waals surface area contributed by atoms with Crippen molar-refractivity contribution in [1.29, 1.82) is 0 Å². The first-order chi connectivity index (χ1) is 15.4. The Morgan fingerprint density at radius 3 is 2.69 bits per heavy atom. The molecule has 7 nitrogen and oxygen atoms in total. The van der Waals surface area contributed by atoms with Gasteiger partial charge in [0.2, 0.25) is 0 Å². The topological polar surface area (TPSA) is 98.5 Å². The molecule has 2 aromatic heterocycles. The number of hydrogen-bond donors (Lipinski definition) is 1. The fourth-order valence-corrected chi connectivity index (χ4v) is 6.62. The standard InChI is InChI=1S/C24H28N2O5S/c1-3-17-6-7-19(30-2)13-23(17)32(28,29)20-8-4-16(5-9-20)14-26-24(27)21-12-18-10-11-25-15-22(18)31-21/h4-5,8-12,15,17,19,23H,3,6-7,13-14H2,1-2H3,(H,26,27). The van der Waals surface area contributed by atoms with Gasteiger partial charge in [-0.3, -0.25) is 9.78 Å². The van der Waals surface area contributed by atoms with Gasteiger partial charge in [0.25, 0.3) is 5.91 Å². The number of nitrogens with one attached hydrogen (secondary N) is 1. The van der Waals surface area contributed by atoms with Gasteiger partial charge in [-0.1, -0.05) is 25.5 Å². The SMILES string of the molecule is CCC1CCC(OC)CC1S(=O)(=O)c1ccc(CNC(=O)c2cc3ccncc3o2)cc1. The van der Waals surface area contributed by atoms with Crippen LogP contribution < -0.4 is 5.32 Å². The van der Waals surface area contributed by atoms with E-state index >= 15 is 0 Å². The molecule has 1 amide bonds. The minimum absolute atomic E-state index is 0.0129. The number of furan rings is 1. The lowest BCUT2D eigenvalue weighted by Gasteiger charge is -2.34. The van der Waals surface area contributed by atoms with Crippen LogP contribution in [0.15, 0.2) is 58.1 Å². The number of aromatic nitrogens is 1. The molecule has 2 heterocycles. The quantitative estimate of drug-likeness (QED) is 0.574. The number of rotatable bonds is 7. The Hall–Kier alpha value is -2.71. The largest absolute Gasteiger partial charge is 0.449 e. The fraction of sp³-hybridized carbons (Fsp3) is 0.417. The Morgan fingerprint density at radius 1 is 1.22 bits per heavy atom. The van der Waals surface area contributed by atoms with E-state index in [1.807, 2.05) is 6.92 Å². The summed E-state index contributed by atoms with van der Waals surface area (Å²) in [7, 11) is -1.82. The van der Waals surface area contributed by atoms with Crippen LogP contribution in [0.5, 0.6) is 0 Å². The summed E-state index contributed by atoms with van der Waals surface area (Å²) >= 11 is 0. The van der Waals surface area contributed by atoms with Crippen LogP contribution in [-0.4, -0.2) is 37.8 Å². The summed E-state index contributed by atoms with van der Waals surface area (Å²) in [6.07, 6.45) is 6.32. The number of ether oxygens (including phenoxy) is 1. The zero-order valence-corrected chi connectivity index (χ0v) is 19.1. The average molecular weight is 457 g/mol. The second-order valence-corrected chi connectivity index (χ2v) is 10.4. The highest BCUT2D eigenvalue weighted by Crippen LogP contribution is 2.36. The zero-order chi connectivity index (χ0) is 22.7. The van der Waals surface area contributed by atoms with E-state index in [4.69, 9.17) is 9.15 Å². The van der Waals surface area contributed by atoms with Gasteiger partial charge >= 0.3 is 0 Å². The van der Waals surface area contributed by atoms with Crippen LogP contribution in [0.1, 0.15) is 48.7 Å². The van der Waals surface area contributed by atoms with Crippen molar-refractivity contribution in [3.05, 3.63) is 60.1 Å². The monoisotopic (exact) mass is 456 g/mol. The summed E-state index contributed by atoms with van der Waals surface area (Å²) in [5, 5.41) is 3.19. The summed E-state index contributed by atoms with van der Waals surface area (Å²) in [6, 6.07) is 10.2. The molecule has 1 aromatic carbocycles. The third kappa shape index (κ3) is 4.56. The summed E-state index contributed by atoms with van der Waals surface area (Å²) in [5.74, 6) is 0.0173. The van der Waals surface area contributed by atoms with Gasteiger partial charge in [-0.25, -0.2) is 8.42 Å². The smallest absolute Gasteiger partial charge is 0.287 e. The Balaban J connectivity index is 1.43. The molecule has 1 aliphatic rings. The molecular weight excluding hydrogens is 428 g/mol. The van der Waals surface area contributed by atoms with Crippen LogP contribution in [0.3, 0.4) is 0 Å². The molecule has 3 aromatic rings. The molecule has 4 rings (SSSR count). The van der Waals surface area contributed by atoms with Crippen molar-refractivity contribution in [2.45, 2.75) is 55.4 Å². The molecule has 0 bridgehead atoms. The second-order valence-electron chi connectivity index (χ2n) is 8.27. The predicted octanol–water partition coefficient (Wildman–Crippen LogP) is 4.13. The maximum atomic E-state index is 13.3. The van der Waals surface area contributed by atoms with E-state index in [2.05, 4.69) is 10.3 Å². The Bertz CT molecular complexity index is 1150. The Labute approximate surface area is 188 Å². The van der Waals surface area contributed by atoms with Gasteiger partial charge in [0.15, 0.2) is 21.2 Å². The van der Waals surface area contributed by atoms with Gasteiger partial charge in [-0.2, -0.15) is 0 Å². The van der Waals surface area contributed by atoms with Gasteiger partial charge in [-0.15, -0.1) is 0 Å². The molecule has 0 spiro atoms. The van der Waals surface area contributed by atoms with Gasteiger partial charge in [0.05, 0.1) is 22.4 Å². The van der Waals surface area contributed by atoms with Crippen molar-refractivity contribution >= 4 is 26.7 Å². The first-order valence-electron chi connectivity index (χ1n) is 10.9. The lowest BCUT2D eigenvalue weighted by molar-refractivity contribution is 0.0578. The number of amides is 1. The number of carbonyl (C=O) groups is 1. The molecule has 32 heavy (non-hydrogen) atoms. The maximum absolute atomic E-state index is 13.3. The Kier molecular flexibility index (Phi) is 6.62. The van der Waals surface area contributed by atoms with Crippen LogP contribution >= 0.6 is 0 Å². The van der Waals surface area contributed by atoms with E-state index in [-0.39, 0.29) is 30.2 Å². The van der Waals surface area contributed by atoms with Crippen LogP contribution in [0.25, 0.3) is 11.0 Å². The number of methoxy groups -OCH3 is 1. The van der Waals surface area contributed by atoms with Crippen LogP contribution in [0.4, 0.5) is 0 Å². The minimum atomic E-state index is -3.46. The highest BCUT2D eigenvalue weighted by atomic mass is 32.2. The van der Waals surface area contributed by atoms with E-state index in [9.17, 15) is 13.2 Å². The number of pyridine rings is 1. The van der Waals surface area contributed by atoms with Crippen LogP contribution in [-0.2, 0) is 21.1 Å². The lowest BCUT2D eigenvalue weighted by Crippen LogP contribution is -2.38. The molecular formula is C24H28N2O5S. The van der Waals surface area contributed by atoms with Crippen LogP contribution in [0, 0.1) is 5.92 Å². The number of fused-ring (bicyclic) bond motifs is 1. The van der Waals surface area contributed by atoms with Crippen molar-refractivity contribution in [3.63, 3.8) is 0 Å². The molecule has 1 saturated carbocycles. The van der Waals surface area contributed by atoms with E-state index < -0.39 is 15.1 Å². The third-order valence-electron chi connectivity index (χ3n) is 6.39. The predicted molar refractivity (Wildman–Crippen MR) is 121 cm³/mol. The number of nitrogens with zero attached hydrogens (tertiary/aromatic N) is 1. The van der Waals surface area contributed by atoms with Crippen molar-refractivity contribution in [2.24, 2.45) is 5.92 Å². The number of benzene rings is 1. The maximum Gasteiger partial charge on any atom is 0.287 e. The fourth-order valence-electron chi connectivity index (χ4n) is 4.45. The number of sulfone groups is 1. The second kappa shape index (κ2) is 9.42. The summed E-state index contributed by atoms with van der Waals surface area (Å²) in [6.45, 7) is 2.31. The molecule has 3 atom stereocenters. The minimum Gasteiger partial charge on any atom is -0.449 e. The van der Waals surface area contributed by atoms with Gasteiger partial charge < -0.3 is 14.5 Å². The first-order valence-corrected chi connectivity index (χ1v) is 12.4. The molecule has 3 unspecified atom stereocenters. The summed E-state index contributed by atoms with van der Waals surface area (Å²) < 4.78 is 37.6. The molecule has 8 heteroatoms. The summed E-state index contributed by atoms with van der Waals surface area (Å²) in [4.78, 5) is 16.7. The molecule has 1 aliphatic carbocycles. The first kappa shape index (κ1) is 22.5. The van der Waals surface area contributed by atoms with Crippen molar-refractivity contribution in [3.8, 4) is 0 Å². The van der Waals surface area contributed by atoms with Crippen molar-refractivity contribution in [2.75, 3.05) is 7.11 Å². The normalized spacial score (nSPS) is 21.5. The van der Waals surface area contributed by atoms with E-state index in [0.717, 1.165) is 30.2 Å². The number of carbonyl (C=O) groups excluding carboxylic acids is 1. The van der Waals surface area contributed by atoms with E-state index in [1.54, 1.807) is 55.9 Å². The highest BCUT2D eigenvalue weighted by Gasteiger charge is 2.39.